The zero-order chi connectivity index (χ0) is 17.5. The zero-order valence-electron chi connectivity index (χ0n) is 12.6. The first-order valence-electron chi connectivity index (χ1n) is 7.03. The SMILES string of the molecule is COC(=O)N1C2C=CC2[C@H]1COS(=O)(=O)c1ccc([N+](=O)[O-])cc1. The van der Waals surface area contributed by atoms with Gasteiger partial charge in [0.1, 0.15) is 0 Å². The minimum Gasteiger partial charge on any atom is -0.453 e. The minimum atomic E-state index is -4.07. The van der Waals surface area contributed by atoms with Gasteiger partial charge in [-0.3, -0.25) is 19.2 Å². The van der Waals surface area contributed by atoms with E-state index in [1.54, 1.807) is 0 Å². The molecule has 1 heterocycles. The van der Waals surface area contributed by atoms with Crippen molar-refractivity contribution in [2.45, 2.75) is 17.0 Å². The number of amides is 1. The average Bonchev–Trinajstić information content (AvgIpc) is 2.54. The smallest absolute Gasteiger partial charge is 0.410 e. The Morgan fingerprint density at radius 2 is 1.96 bits per heavy atom. The molecule has 0 aromatic heterocycles. The maximum atomic E-state index is 12.2. The van der Waals surface area contributed by atoms with Gasteiger partial charge in [0.25, 0.3) is 15.8 Å². The van der Waals surface area contributed by atoms with E-state index in [1.165, 1.54) is 12.0 Å². The van der Waals surface area contributed by atoms with Crippen LogP contribution in [0, 0.1) is 16.0 Å². The Morgan fingerprint density at radius 3 is 2.46 bits per heavy atom. The third-order valence-electron chi connectivity index (χ3n) is 4.16. The van der Waals surface area contributed by atoms with Gasteiger partial charge in [0.05, 0.1) is 35.6 Å². The second-order valence-electron chi connectivity index (χ2n) is 5.39. The molecule has 9 nitrogen and oxygen atoms in total. The number of methoxy groups -OCH3 is 1. The van der Waals surface area contributed by atoms with Crippen molar-refractivity contribution in [2.24, 2.45) is 5.92 Å². The topological polar surface area (TPSA) is 116 Å². The highest BCUT2D eigenvalue weighted by Gasteiger charge is 2.53. The van der Waals surface area contributed by atoms with E-state index in [0.29, 0.717) is 0 Å². The molecule has 24 heavy (non-hydrogen) atoms. The molecule has 0 bridgehead atoms. The second-order valence-corrected chi connectivity index (χ2v) is 7.00. The Bertz CT molecular complexity index is 803. The summed E-state index contributed by atoms with van der Waals surface area (Å²) in [6.45, 7) is -0.208. The fourth-order valence-corrected chi connectivity index (χ4v) is 3.72. The van der Waals surface area contributed by atoms with Gasteiger partial charge >= 0.3 is 6.09 Å². The lowest BCUT2D eigenvalue weighted by molar-refractivity contribution is -0.384. The van der Waals surface area contributed by atoms with Crippen LogP contribution in [-0.2, 0) is 19.0 Å². The third kappa shape index (κ3) is 2.63. The summed E-state index contributed by atoms with van der Waals surface area (Å²) in [5.41, 5.74) is -0.216. The number of likely N-dealkylation sites (tertiary alicyclic amines) is 1. The quantitative estimate of drug-likeness (QED) is 0.339. The van der Waals surface area contributed by atoms with Gasteiger partial charge in [0, 0.05) is 18.1 Å². The van der Waals surface area contributed by atoms with Crippen LogP contribution >= 0.6 is 0 Å². The molecular weight excluding hydrogens is 340 g/mol. The molecule has 2 aliphatic rings. The molecule has 2 unspecified atom stereocenters. The zero-order valence-corrected chi connectivity index (χ0v) is 13.4. The molecule has 1 aliphatic carbocycles. The lowest BCUT2D eigenvalue weighted by atomic mass is 9.72. The molecule has 3 atom stereocenters. The van der Waals surface area contributed by atoms with Gasteiger partial charge in [0.2, 0.25) is 0 Å². The highest BCUT2D eigenvalue weighted by atomic mass is 32.2. The van der Waals surface area contributed by atoms with E-state index in [-0.39, 0.29) is 29.1 Å². The predicted molar refractivity (Wildman–Crippen MR) is 80.7 cm³/mol. The molecule has 1 fully saturated rings. The molecule has 0 N–H and O–H groups in total. The summed E-state index contributed by atoms with van der Waals surface area (Å²) >= 11 is 0. The summed E-state index contributed by atoms with van der Waals surface area (Å²) < 4.78 is 34.0. The number of hydrogen-bond acceptors (Lipinski definition) is 7. The molecule has 1 aromatic rings. The Kier molecular flexibility index (Phi) is 4.01. The normalized spacial score (nSPS) is 24.5. The highest BCUT2D eigenvalue weighted by molar-refractivity contribution is 7.86. The number of carbonyl (C=O) groups excluding carboxylic acids is 1. The summed E-state index contributed by atoms with van der Waals surface area (Å²) in [4.78, 5) is 22.9. The molecule has 1 saturated heterocycles. The van der Waals surface area contributed by atoms with Gasteiger partial charge in [-0.25, -0.2) is 4.79 Å². The molecule has 0 radical (unpaired) electrons. The standard InChI is InChI=1S/C14H14N2O7S/c1-22-14(17)15-12-7-6-11(12)13(15)8-23-24(20,21)10-4-2-9(3-5-10)16(18)19/h2-7,11-13H,8H2,1H3/t11?,12?,13-/m1/s1. The van der Waals surface area contributed by atoms with Crippen LogP contribution in [0.25, 0.3) is 0 Å². The summed E-state index contributed by atoms with van der Waals surface area (Å²) in [5, 5.41) is 10.6. The monoisotopic (exact) mass is 354 g/mol. The van der Waals surface area contributed by atoms with Crippen molar-refractivity contribution >= 4 is 21.9 Å². The largest absolute Gasteiger partial charge is 0.453 e. The van der Waals surface area contributed by atoms with Gasteiger partial charge < -0.3 is 4.74 Å². The fraction of sp³-hybridized carbons (Fsp3) is 0.357. The van der Waals surface area contributed by atoms with Crippen LogP contribution in [0.4, 0.5) is 10.5 Å². The number of carbonyl (C=O) groups is 1. The summed E-state index contributed by atoms with van der Waals surface area (Å²) in [6, 6.07) is 3.90. The van der Waals surface area contributed by atoms with Crippen LogP contribution in [0.3, 0.4) is 0 Å². The number of nitro benzene ring substituents is 1. The Hall–Kier alpha value is -2.46. The van der Waals surface area contributed by atoms with Crippen LogP contribution < -0.4 is 0 Å². The van der Waals surface area contributed by atoms with E-state index >= 15 is 0 Å². The van der Waals surface area contributed by atoms with Crippen molar-refractivity contribution in [3.05, 3.63) is 46.5 Å². The van der Waals surface area contributed by atoms with Crippen molar-refractivity contribution in [1.29, 1.82) is 0 Å². The Morgan fingerprint density at radius 1 is 1.29 bits per heavy atom. The van der Waals surface area contributed by atoms with E-state index in [9.17, 15) is 23.3 Å². The Labute approximate surface area is 137 Å². The molecule has 10 heteroatoms. The first kappa shape index (κ1) is 16.4. The van der Waals surface area contributed by atoms with Crippen LogP contribution in [0.1, 0.15) is 0 Å². The maximum Gasteiger partial charge on any atom is 0.410 e. The fourth-order valence-electron chi connectivity index (χ4n) is 2.79. The van der Waals surface area contributed by atoms with Crippen molar-refractivity contribution in [3.63, 3.8) is 0 Å². The molecule has 0 spiro atoms. The van der Waals surface area contributed by atoms with E-state index < -0.39 is 27.2 Å². The first-order chi connectivity index (χ1) is 11.3. The van der Waals surface area contributed by atoms with Gasteiger partial charge in [-0.1, -0.05) is 12.2 Å². The van der Waals surface area contributed by atoms with Crippen LogP contribution in [0.5, 0.6) is 0 Å². The lowest BCUT2D eigenvalue weighted by Gasteiger charge is -2.56. The van der Waals surface area contributed by atoms with Crippen LogP contribution in [0.2, 0.25) is 0 Å². The number of rotatable bonds is 5. The number of nitrogens with zero attached hydrogens (tertiary/aromatic N) is 2. The molecule has 1 amide bonds. The molecule has 1 aliphatic heterocycles. The van der Waals surface area contributed by atoms with Gasteiger partial charge in [-0.05, 0) is 12.1 Å². The highest BCUT2D eigenvalue weighted by Crippen LogP contribution is 2.41. The third-order valence-corrected chi connectivity index (χ3v) is 5.46. The lowest BCUT2D eigenvalue weighted by Crippen LogP contribution is -2.69. The van der Waals surface area contributed by atoms with E-state index in [1.807, 2.05) is 12.2 Å². The number of benzene rings is 1. The van der Waals surface area contributed by atoms with E-state index in [2.05, 4.69) is 4.74 Å². The van der Waals surface area contributed by atoms with Crippen molar-refractivity contribution in [2.75, 3.05) is 13.7 Å². The van der Waals surface area contributed by atoms with Crippen molar-refractivity contribution in [3.8, 4) is 0 Å². The van der Waals surface area contributed by atoms with Gasteiger partial charge in [0.15, 0.2) is 0 Å². The number of non-ortho nitro benzene ring substituents is 1. The summed E-state index contributed by atoms with van der Waals surface area (Å²) in [5.74, 6) is 0.0520. The number of ether oxygens (including phenoxy) is 1. The van der Waals surface area contributed by atoms with Crippen molar-refractivity contribution < 1.29 is 27.1 Å². The van der Waals surface area contributed by atoms with Crippen molar-refractivity contribution in [1.82, 2.24) is 4.90 Å². The second kappa shape index (κ2) is 5.87. The summed E-state index contributed by atoms with van der Waals surface area (Å²) in [7, 11) is -2.82. The Balaban J connectivity index is 1.68. The van der Waals surface area contributed by atoms with Crippen LogP contribution in [-0.4, -0.2) is 50.1 Å². The molecular formula is C14H14N2O7S. The number of fused-ring (bicyclic) bond motifs is 1. The maximum absolute atomic E-state index is 12.2. The molecule has 3 rings (SSSR count). The van der Waals surface area contributed by atoms with Crippen LogP contribution in [0.15, 0.2) is 41.3 Å². The summed E-state index contributed by atoms with van der Waals surface area (Å²) in [6.07, 6.45) is 3.18. The molecule has 128 valence electrons. The molecule has 1 aromatic carbocycles. The number of nitro groups is 1. The minimum absolute atomic E-state index is 0.0520. The first-order valence-corrected chi connectivity index (χ1v) is 8.44. The van der Waals surface area contributed by atoms with Gasteiger partial charge in [-0.2, -0.15) is 8.42 Å². The molecule has 0 saturated carbocycles. The van der Waals surface area contributed by atoms with E-state index in [0.717, 1.165) is 24.3 Å². The predicted octanol–water partition coefficient (Wildman–Crippen LogP) is 1.31. The average molecular weight is 354 g/mol. The number of hydrogen-bond donors (Lipinski definition) is 0. The van der Waals surface area contributed by atoms with Gasteiger partial charge in [-0.15, -0.1) is 0 Å². The van der Waals surface area contributed by atoms with E-state index in [4.69, 9.17) is 4.18 Å².